The third kappa shape index (κ3) is 55.5. The van der Waals surface area contributed by atoms with Gasteiger partial charge in [-0.1, -0.05) is 213 Å². The molecule has 0 aliphatic carbocycles. The van der Waals surface area contributed by atoms with Crippen LogP contribution in [0.4, 0.5) is 0 Å². The minimum absolute atomic E-state index is 0.140. The van der Waals surface area contributed by atoms with E-state index in [4.69, 9.17) is 18.9 Å². The Morgan fingerprint density at radius 1 is 0.425 bits per heavy atom. The molecule has 73 heavy (non-hydrogen) atoms. The molecule has 0 spiro atoms. The number of quaternary nitrogens is 1. The second-order valence-electron chi connectivity index (χ2n) is 20.2. The number of likely N-dealkylation sites (N-methyl/N-ethyl adjacent to an activating group) is 1. The lowest BCUT2D eigenvalue weighted by molar-refractivity contribution is -0.870. The van der Waals surface area contributed by atoms with E-state index in [1.807, 2.05) is 21.1 Å². The second kappa shape index (κ2) is 54.2. The van der Waals surface area contributed by atoms with Gasteiger partial charge in [0.2, 0.25) is 0 Å². The SMILES string of the molecule is CC/C=C\C/C=C\C/C=C\C/C=C\C/C=C\C/C=C\C/C=C\CCCCCCCCCCCC(=O)OC(COC(=O)CCCCCCCCC/C=C\C/C=C\CCCCC)COC(OCC[N+](C)(C)C)C(=O)[O-]. The largest absolute Gasteiger partial charge is 0.545 e. The molecule has 2 atom stereocenters. The number of hydrogen-bond donors (Lipinski definition) is 0. The maximum atomic E-state index is 12.9. The summed E-state index contributed by atoms with van der Waals surface area (Å²) in [6, 6.07) is 0. The van der Waals surface area contributed by atoms with E-state index in [0.717, 1.165) is 109 Å². The molecule has 0 saturated heterocycles. The monoisotopic (exact) mass is 1020 g/mol. The molecule has 9 nitrogen and oxygen atoms in total. The predicted molar refractivity (Wildman–Crippen MR) is 306 cm³/mol. The first-order chi connectivity index (χ1) is 35.6. The van der Waals surface area contributed by atoms with E-state index >= 15 is 0 Å². The quantitative estimate of drug-likeness (QED) is 0.0195. The molecule has 2 unspecified atom stereocenters. The van der Waals surface area contributed by atoms with Crippen LogP contribution in [0.25, 0.3) is 0 Å². The molecule has 0 bridgehead atoms. The Morgan fingerprint density at radius 3 is 1.16 bits per heavy atom. The van der Waals surface area contributed by atoms with E-state index < -0.39 is 24.3 Å². The molecule has 0 aliphatic heterocycles. The van der Waals surface area contributed by atoms with Crippen LogP contribution in [0.5, 0.6) is 0 Å². The van der Waals surface area contributed by atoms with Crippen molar-refractivity contribution in [2.45, 2.75) is 232 Å². The van der Waals surface area contributed by atoms with Crippen LogP contribution in [0.15, 0.2) is 109 Å². The van der Waals surface area contributed by atoms with Crippen molar-refractivity contribution in [1.29, 1.82) is 0 Å². The first-order valence-corrected chi connectivity index (χ1v) is 29.0. The lowest BCUT2D eigenvalue weighted by Crippen LogP contribution is -2.44. The fourth-order valence-electron chi connectivity index (χ4n) is 7.55. The summed E-state index contributed by atoms with van der Waals surface area (Å²) in [6.45, 7) is 4.58. The highest BCUT2D eigenvalue weighted by molar-refractivity contribution is 5.70. The summed E-state index contributed by atoms with van der Waals surface area (Å²) in [4.78, 5) is 37.3. The zero-order valence-electron chi connectivity index (χ0n) is 47.2. The predicted octanol–water partition coefficient (Wildman–Crippen LogP) is 15.8. The number of carboxylic acid groups (broad SMARTS) is 1. The second-order valence-corrected chi connectivity index (χ2v) is 20.2. The van der Waals surface area contributed by atoms with Crippen LogP contribution in [0.2, 0.25) is 0 Å². The van der Waals surface area contributed by atoms with Crippen LogP contribution in [0.1, 0.15) is 219 Å². The first kappa shape index (κ1) is 69.0. The molecular formula is C64H107NO8. The third-order valence-corrected chi connectivity index (χ3v) is 12.0. The number of carbonyl (C=O) groups is 3. The van der Waals surface area contributed by atoms with Crippen LogP contribution in [-0.2, 0) is 33.3 Å². The Balaban J connectivity index is 4.27. The Kier molecular flexibility index (Phi) is 51.2. The van der Waals surface area contributed by atoms with Crippen molar-refractivity contribution in [2.24, 2.45) is 0 Å². The normalized spacial score (nSPS) is 13.6. The van der Waals surface area contributed by atoms with Gasteiger partial charge in [0.05, 0.1) is 40.3 Å². The molecule has 416 valence electrons. The minimum atomic E-state index is -1.63. The number of unbranched alkanes of at least 4 members (excludes halogenated alkanes) is 19. The van der Waals surface area contributed by atoms with E-state index in [9.17, 15) is 19.5 Å². The summed E-state index contributed by atoms with van der Waals surface area (Å²) >= 11 is 0. The molecule has 0 aromatic heterocycles. The van der Waals surface area contributed by atoms with Crippen molar-refractivity contribution in [1.82, 2.24) is 0 Å². The van der Waals surface area contributed by atoms with Gasteiger partial charge in [-0.05, 0) is 103 Å². The van der Waals surface area contributed by atoms with Gasteiger partial charge in [-0.2, -0.15) is 0 Å². The minimum Gasteiger partial charge on any atom is -0.545 e. The Bertz CT molecular complexity index is 1560. The van der Waals surface area contributed by atoms with E-state index in [1.165, 1.54) is 77.0 Å². The molecule has 0 amide bonds. The van der Waals surface area contributed by atoms with Crippen molar-refractivity contribution in [3.8, 4) is 0 Å². The number of carbonyl (C=O) groups excluding carboxylic acids is 3. The number of nitrogens with zero attached hydrogens (tertiary/aromatic N) is 1. The summed E-state index contributed by atoms with van der Waals surface area (Å²) in [5, 5.41) is 11.8. The topological polar surface area (TPSA) is 111 Å². The molecule has 0 aromatic carbocycles. The molecular weight excluding hydrogens is 911 g/mol. The fraction of sp³-hybridized carbons (Fsp3) is 0.672. The number of carboxylic acids is 1. The van der Waals surface area contributed by atoms with Crippen molar-refractivity contribution in [3.05, 3.63) is 109 Å². The van der Waals surface area contributed by atoms with Gasteiger partial charge in [0.15, 0.2) is 12.4 Å². The van der Waals surface area contributed by atoms with Crippen LogP contribution in [0, 0.1) is 0 Å². The highest BCUT2D eigenvalue weighted by atomic mass is 16.7. The third-order valence-electron chi connectivity index (χ3n) is 12.0. The van der Waals surface area contributed by atoms with E-state index in [1.54, 1.807) is 0 Å². The van der Waals surface area contributed by atoms with E-state index in [2.05, 4.69) is 123 Å². The van der Waals surface area contributed by atoms with Crippen LogP contribution < -0.4 is 5.11 Å². The van der Waals surface area contributed by atoms with Crippen molar-refractivity contribution in [2.75, 3.05) is 47.5 Å². The molecule has 9 heteroatoms. The molecule has 0 aromatic rings. The number of rotatable bonds is 52. The maximum Gasteiger partial charge on any atom is 0.306 e. The van der Waals surface area contributed by atoms with Gasteiger partial charge in [0.25, 0.3) is 0 Å². The van der Waals surface area contributed by atoms with Gasteiger partial charge in [0.1, 0.15) is 13.2 Å². The lowest BCUT2D eigenvalue weighted by atomic mass is 10.1. The zero-order chi connectivity index (χ0) is 53.4. The summed E-state index contributed by atoms with van der Waals surface area (Å²) in [7, 11) is 5.91. The number of allylic oxidation sites excluding steroid dienone is 18. The standard InChI is InChI=1S/C64H107NO8/c1-6-8-10-12-14-16-18-20-22-24-25-26-27-28-29-30-31-32-33-34-35-36-37-39-41-43-45-47-49-51-53-55-62(67)73-60(59-72-64(63(68)69)70-57-56-65(3,4)5)58-71-61(66)54-52-50-48-46-44-42-40-38-23-21-19-17-15-13-11-9-7-2/h8,10,14-17,20-23,25-26,28-29,31-32,34-35,60,64H,6-7,9,11-13,18-19,24,27,30,33,36-59H2,1-5H3/b10-8-,16-14-,17-15-,22-20-,23-21-,26-25-,29-28-,32-31-,35-34-. The Morgan fingerprint density at radius 2 is 0.781 bits per heavy atom. The van der Waals surface area contributed by atoms with Gasteiger partial charge < -0.3 is 33.3 Å². The van der Waals surface area contributed by atoms with Gasteiger partial charge >= 0.3 is 11.9 Å². The van der Waals surface area contributed by atoms with Crippen molar-refractivity contribution >= 4 is 17.9 Å². The Labute approximate surface area is 447 Å². The molecule has 0 fully saturated rings. The van der Waals surface area contributed by atoms with E-state index in [-0.39, 0.29) is 38.6 Å². The molecule has 0 radical (unpaired) electrons. The zero-order valence-corrected chi connectivity index (χ0v) is 47.2. The Hall–Kier alpha value is -4.05. The van der Waals surface area contributed by atoms with Crippen LogP contribution >= 0.6 is 0 Å². The average Bonchev–Trinajstić information content (AvgIpc) is 3.36. The highest BCUT2D eigenvalue weighted by Crippen LogP contribution is 2.14. The van der Waals surface area contributed by atoms with Gasteiger partial charge in [0, 0.05) is 12.8 Å². The van der Waals surface area contributed by atoms with Crippen molar-refractivity contribution in [3.63, 3.8) is 0 Å². The molecule has 0 heterocycles. The van der Waals surface area contributed by atoms with Crippen LogP contribution in [-0.4, -0.2) is 82.3 Å². The van der Waals surface area contributed by atoms with Crippen LogP contribution in [0.3, 0.4) is 0 Å². The van der Waals surface area contributed by atoms with Crippen molar-refractivity contribution < 1.29 is 42.9 Å². The number of hydrogen-bond acceptors (Lipinski definition) is 8. The molecule has 0 rings (SSSR count). The van der Waals surface area contributed by atoms with Gasteiger partial charge in [-0.25, -0.2) is 0 Å². The smallest absolute Gasteiger partial charge is 0.306 e. The van der Waals surface area contributed by atoms with Gasteiger partial charge in [-0.3, -0.25) is 9.59 Å². The fourth-order valence-corrected chi connectivity index (χ4v) is 7.55. The summed E-state index contributed by atoms with van der Waals surface area (Å²) in [5.41, 5.74) is 0. The molecule has 0 aliphatic rings. The first-order valence-electron chi connectivity index (χ1n) is 29.0. The summed E-state index contributed by atoms with van der Waals surface area (Å²) in [6.07, 6.45) is 71.3. The van der Waals surface area contributed by atoms with E-state index in [0.29, 0.717) is 17.4 Å². The number of ether oxygens (including phenoxy) is 4. The summed E-state index contributed by atoms with van der Waals surface area (Å²) < 4.78 is 22.7. The number of aliphatic carboxylic acids is 1. The number of esters is 2. The molecule has 0 N–H and O–H groups in total. The summed E-state index contributed by atoms with van der Waals surface area (Å²) in [5.74, 6) is -2.31. The highest BCUT2D eigenvalue weighted by Gasteiger charge is 2.22. The maximum absolute atomic E-state index is 12.9. The lowest BCUT2D eigenvalue weighted by Gasteiger charge is -2.26. The molecule has 0 saturated carbocycles. The van der Waals surface area contributed by atoms with Gasteiger partial charge in [-0.15, -0.1) is 0 Å². The average molecular weight is 1020 g/mol.